The highest BCUT2D eigenvalue weighted by atomic mass is 16.5. The average molecular weight is 278 g/mol. The molecule has 0 bridgehead atoms. The van der Waals surface area contributed by atoms with Crippen molar-refractivity contribution in [3.63, 3.8) is 0 Å². The summed E-state index contributed by atoms with van der Waals surface area (Å²) in [7, 11) is 0. The minimum atomic E-state index is 0.00208. The number of amides is 1. The number of nitrogens with one attached hydrogen (secondary N) is 1. The molecule has 0 radical (unpaired) electrons. The van der Waals surface area contributed by atoms with Crippen LogP contribution in [0.3, 0.4) is 0 Å². The van der Waals surface area contributed by atoms with E-state index in [0.29, 0.717) is 18.7 Å². The van der Waals surface area contributed by atoms with Crippen LogP contribution < -0.4 is 9.64 Å². The second kappa shape index (κ2) is 4.66. The van der Waals surface area contributed by atoms with Gasteiger partial charge in [-0.2, -0.15) is 0 Å². The van der Waals surface area contributed by atoms with E-state index in [4.69, 9.17) is 4.74 Å². The predicted molar refractivity (Wildman–Crippen MR) is 81.9 cm³/mol. The lowest BCUT2D eigenvalue weighted by Crippen LogP contribution is -2.37. The molecule has 0 saturated heterocycles. The SMILES string of the molecule is O=C(c1ccc2cc[nH]c2c1)N1CCOc2ccccc21. The van der Waals surface area contributed by atoms with Crippen LogP contribution in [0, 0.1) is 0 Å². The monoisotopic (exact) mass is 278 g/mol. The lowest BCUT2D eigenvalue weighted by atomic mass is 10.1. The van der Waals surface area contributed by atoms with Gasteiger partial charge in [0.1, 0.15) is 12.4 Å². The topological polar surface area (TPSA) is 45.3 Å². The summed E-state index contributed by atoms with van der Waals surface area (Å²) in [5.41, 5.74) is 2.49. The maximum atomic E-state index is 12.8. The molecule has 0 unspecified atom stereocenters. The Labute approximate surface area is 122 Å². The van der Waals surface area contributed by atoms with Crippen LogP contribution in [0.25, 0.3) is 10.9 Å². The first-order chi connectivity index (χ1) is 10.3. The fourth-order valence-electron chi connectivity index (χ4n) is 2.72. The molecule has 4 rings (SSSR count). The van der Waals surface area contributed by atoms with Crippen molar-refractivity contribution in [2.24, 2.45) is 0 Å². The van der Waals surface area contributed by atoms with Crippen LogP contribution in [0.2, 0.25) is 0 Å². The van der Waals surface area contributed by atoms with Crippen LogP contribution in [-0.2, 0) is 0 Å². The highest BCUT2D eigenvalue weighted by Crippen LogP contribution is 2.32. The molecule has 0 spiro atoms. The normalized spacial score (nSPS) is 13.8. The summed E-state index contributed by atoms with van der Waals surface area (Å²) in [6.07, 6.45) is 1.88. The Kier molecular flexibility index (Phi) is 2.67. The number of carbonyl (C=O) groups excluding carboxylic acids is 1. The quantitative estimate of drug-likeness (QED) is 0.743. The first-order valence-electron chi connectivity index (χ1n) is 6.94. The molecule has 1 aliphatic heterocycles. The zero-order valence-corrected chi connectivity index (χ0v) is 11.4. The van der Waals surface area contributed by atoms with Crippen molar-refractivity contribution in [1.82, 2.24) is 4.98 Å². The highest BCUT2D eigenvalue weighted by molar-refractivity contribution is 6.08. The van der Waals surface area contributed by atoms with Crippen molar-refractivity contribution in [3.05, 3.63) is 60.3 Å². The molecule has 1 aromatic heterocycles. The molecule has 1 amide bonds. The molecule has 0 fully saturated rings. The molecule has 1 N–H and O–H groups in total. The predicted octanol–water partition coefficient (Wildman–Crippen LogP) is 3.21. The van der Waals surface area contributed by atoms with Crippen molar-refractivity contribution < 1.29 is 9.53 Å². The first-order valence-corrected chi connectivity index (χ1v) is 6.94. The van der Waals surface area contributed by atoms with Gasteiger partial charge in [-0.3, -0.25) is 4.79 Å². The second-order valence-electron chi connectivity index (χ2n) is 5.05. The number of benzene rings is 2. The van der Waals surface area contributed by atoms with Crippen molar-refractivity contribution >= 4 is 22.5 Å². The maximum Gasteiger partial charge on any atom is 0.258 e. The number of nitrogens with zero attached hydrogens (tertiary/aromatic N) is 1. The van der Waals surface area contributed by atoms with E-state index in [1.54, 1.807) is 4.90 Å². The molecule has 2 aromatic carbocycles. The van der Waals surface area contributed by atoms with E-state index in [0.717, 1.165) is 22.3 Å². The minimum absolute atomic E-state index is 0.00208. The van der Waals surface area contributed by atoms with Crippen LogP contribution in [0.5, 0.6) is 5.75 Å². The van der Waals surface area contributed by atoms with Gasteiger partial charge in [0.05, 0.1) is 12.2 Å². The molecular weight excluding hydrogens is 264 g/mol. The maximum absolute atomic E-state index is 12.8. The number of H-pyrrole nitrogens is 1. The summed E-state index contributed by atoms with van der Waals surface area (Å²) in [6, 6.07) is 15.4. The summed E-state index contributed by atoms with van der Waals surface area (Å²) in [6.45, 7) is 1.09. The molecule has 104 valence electrons. The van der Waals surface area contributed by atoms with E-state index in [2.05, 4.69) is 4.98 Å². The van der Waals surface area contributed by atoms with Gasteiger partial charge < -0.3 is 14.6 Å². The summed E-state index contributed by atoms with van der Waals surface area (Å²) in [5, 5.41) is 1.11. The zero-order valence-electron chi connectivity index (χ0n) is 11.4. The number of ether oxygens (including phenoxy) is 1. The molecule has 0 saturated carbocycles. The van der Waals surface area contributed by atoms with Gasteiger partial charge in [-0.05, 0) is 35.7 Å². The molecule has 2 heterocycles. The zero-order chi connectivity index (χ0) is 14.2. The third kappa shape index (κ3) is 1.96. The molecule has 1 aliphatic rings. The molecule has 0 aliphatic carbocycles. The van der Waals surface area contributed by atoms with Gasteiger partial charge in [-0.1, -0.05) is 18.2 Å². The third-order valence-electron chi connectivity index (χ3n) is 3.78. The van der Waals surface area contributed by atoms with Crippen molar-refractivity contribution in [2.45, 2.75) is 0 Å². The number of hydrogen-bond donors (Lipinski definition) is 1. The van der Waals surface area contributed by atoms with Crippen LogP contribution in [-0.4, -0.2) is 24.0 Å². The Morgan fingerprint density at radius 1 is 1.14 bits per heavy atom. The summed E-state index contributed by atoms with van der Waals surface area (Å²) in [5.74, 6) is 0.764. The highest BCUT2D eigenvalue weighted by Gasteiger charge is 2.24. The Hall–Kier alpha value is -2.75. The summed E-state index contributed by atoms with van der Waals surface area (Å²) >= 11 is 0. The van der Waals surface area contributed by atoms with Gasteiger partial charge in [-0.15, -0.1) is 0 Å². The van der Waals surface area contributed by atoms with Crippen LogP contribution in [0.15, 0.2) is 54.7 Å². The minimum Gasteiger partial charge on any atom is -0.490 e. The van der Waals surface area contributed by atoms with Crippen LogP contribution in [0.1, 0.15) is 10.4 Å². The van der Waals surface area contributed by atoms with E-state index in [1.807, 2.05) is 54.7 Å². The Morgan fingerprint density at radius 2 is 2.05 bits per heavy atom. The van der Waals surface area contributed by atoms with Crippen molar-refractivity contribution in [3.8, 4) is 5.75 Å². The Balaban J connectivity index is 1.75. The van der Waals surface area contributed by atoms with E-state index in [9.17, 15) is 4.79 Å². The number of aromatic nitrogens is 1. The lowest BCUT2D eigenvalue weighted by Gasteiger charge is -2.29. The molecule has 21 heavy (non-hydrogen) atoms. The van der Waals surface area contributed by atoms with E-state index >= 15 is 0 Å². The van der Waals surface area contributed by atoms with Gasteiger partial charge in [0.25, 0.3) is 5.91 Å². The second-order valence-corrected chi connectivity index (χ2v) is 5.05. The number of aromatic amines is 1. The van der Waals surface area contributed by atoms with E-state index in [-0.39, 0.29) is 5.91 Å². The molecule has 4 heteroatoms. The van der Waals surface area contributed by atoms with Crippen LogP contribution in [0.4, 0.5) is 5.69 Å². The number of fused-ring (bicyclic) bond motifs is 2. The fourth-order valence-corrected chi connectivity index (χ4v) is 2.72. The van der Waals surface area contributed by atoms with E-state index < -0.39 is 0 Å². The van der Waals surface area contributed by atoms with Gasteiger partial charge in [0.15, 0.2) is 0 Å². The van der Waals surface area contributed by atoms with Crippen molar-refractivity contribution in [2.75, 3.05) is 18.1 Å². The Bertz CT molecular complexity index is 822. The smallest absolute Gasteiger partial charge is 0.258 e. The van der Waals surface area contributed by atoms with Gasteiger partial charge in [0, 0.05) is 17.3 Å². The molecule has 0 atom stereocenters. The summed E-state index contributed by atoms with van der Waals surface area (Å²) < 4.78 is 5.60. The van der Waals surface area contributed by atoms with Crippen molar-refractivity contribution in [1.29, 1.82) is 0 Å². The number of carbonyl (C=O) groups is 1. The molecule has 4 nitrogen and oxygen atoms in total. The molecule has 3 aromatic rings. The first kappa shape index (κ1) is 12.0. The van der Waals surface area contributed by atoms with E-state index in [1.165, 1.54) is 0 Å². The van der Waals surface area contributed by atoms with Gasteiger partial charge in [-0.25, -0.2) is 0 Å². The number of hydrogen-bond acceptors (Lipinski definition) is 2. The molecular formula is C17H14N2O2. The largest absolute Gasteiger partial charge is 0.490 e. The number of rotatable bonds is 1. The number of anilines is 1. The van der Waals surface area contributed by atoms with Gasteiger partial charge in [0.2, 0.25) is 0 Å². The Morgan fingerprint density at radius 3 is 3.00 bits per heavy atom. The standard InChI is InChI=1S/C17H14N2O2/c20-17(13-6-5-12-7-8-18-14(12)11-13)19-9-10-21-16-4-2-1-3-15(16)19/h1-8,11,18H,9-10H2. The number of para-hydroxylation sites is 2. The third-order valence-corrected chi connectivity index (χ3v) is 3.78. The van der Waals surface area contributed by atoms with Crippen LogP contribution >= 0.6 is 0 Å². The average Bonchev–Trinajstić information content (AvgIpc) is 3.01. The fraction of sp³-hybridized carbons (Fsp3) is 0.118. The van der Waals surface area contributed by atoms with Gasteiger partial charge >= 0.3 is 0 Å². The summed E-state index contributed by atoms with van der Waals surface area (Å²) in [4.78, 5) is 17.7. The lowest BCUT2D eigenvalue weighted by molar-refractivity contribution is 0.0976.